The van der Waals surface area contributed by atoms with E-state index in [0.717, 1.165) is 18.5 Å². The van der Waals surface area contributed by atoms with Crippen molar-refractivity contribution in [2.75, 3.05) is 0 Å². The normalized spacial score (nSPS) is 15.8. The number of carbonyl (C=O) groups excluding carboxylic acids is 1. The summed E-state index contributed by atoms with van der Waals surface area (Å²) in [5, 5.41) is 9.06. The van der Waals surface area contributed by atoms with Gasteiger partial charge in [-0.3, -0.25) is 9.78 Å². The van der Waals surface area contributed by atoms with Gasteiger partial charge in [0.15, 0.2) is 0 Å². The van der Waals surface area contributed by atoms with Crippen molar-refractivity contribution in [2.24, 2.45) is 0 Å². The molecule has 0 spiro atoms. The molecule has 1 heterocycles. The second-order valence-electron chi connectivity index (χ2n) is 4.87. The summed E-state index contributed by atoms with van der Waals surface area (Å²) in [5.74, 6) is -1.04. The average Bonchev–Trinajstić information content (AvgIpc) is 3.22. The van der Waals surface area contributed by atoms with E-state index in [-0.39, 0.29) is 11.9 Å². The summed E-state index contributed by atoms with van der Waals surface area (Å²) in [6.07, 6.45) is 4.37. The molecule has 1 fully saturated rings. The second kappa shape index (κ2) is 5.82. The second-order valence-corrected chi connectivity index (χ2v) is 4.87. The van der Waals surface area contributed by atoms with Gasteiger partial charge < -0.3 is 10.0 Å². The van der Waals surface area contributed by atoms with Crippen LogP contribution in [0.15, 0.2) is 24.4 Å². The average molecular weight is 262 g/mol. The molecule has 1 amide bonds. The molecule has 1 aromatic heterocycles. The van der Waals surface area contributed by atoms with Gasteiger partial charge in [-0.25, -0.2) is 4.79 Å². The molecule has 19 heavy (non-hydrogen) atoms. The summed E-state index contributed by atoms with van der Waals surface area (Å²) in [7, 11) is 0. The molecule has 1 unspecified atom stereocenters. The Balaban J connectivity index is 1.95. The zero-order valence-electron chi connectivity index (χ0n) is 11.0. The number of hydrogen-bond donors (Lipinski definition) is 1. The van der Waals surface area contributed by atoms with E-state index in [0.29, 0.717) is 12.8 Å². The Morgan fingerprint density at radius 3 is 2.74 bits per heavy atom. The number of aromatic nitrogens is 1. The van der Waals surface area contributed by atoms with Crippen LogP contribution in [-0.2, 0) is 16.0 Å². The van der Waals surface area contributed by atoms with Crippen molar-refractivity contribution >= 4 is 11.9 Å². The van der Waals surface area contributed by atoms with Crippen LogP contribution in [0.5, 0.6) is 0 Å². The Hall–Kier alpha value is -1.91. The van der Waals surface area contributed by atoms with E-state index >= 15 is 0 Å². The fourth-order valence-corrected chi connectivity index (χ4v) is 2.12. The minimum absolute atomic E-state index is 0.0944. The fourth-order valence-electron chi connectivity index (χ4n) is 2.12. The van der Waals surface area contributed by atoms with E-state index in [1.807, 2.05) is 18.2 Å². The van der Waals surface area contributed by atoms with Gasteiger partial charge in [-0.15, -0.1) is 0 Å². The molecule has 1 atom stereocenters. The van der Waals surface area contributed by atoms with Crippen LogP contribution < -0.4 is 0 Å². The largest absolute Gasteiger partial charge is 0.480 e. The number of amides is 1. The van der Waals surface area contributed by atoms with Crippen LogP contribution >= 0.6 is 0 Å². The molecular formula is C14H18N2O3. The third-order valence-corrected chi connectivity index (χ3v) is 3.32. The van der Waals surface area contributed by atoms with E-state index < -0.39 is 12.0 Å². The molecule has 102 valence electrons. The van der Waals surface area contributed by atoms with Crippen LogP contribution in [0.1, 0.15) is 31.9 Å². The minimum atomic E-state index is -0.946. The van der Waals surface area contributed by atoms with Crippen molar-refractivity contribution < 1.29 is 14.7 Å². The Morgan fingerprint density at radius 2 is 2.21 bits per heavy atom. The van der Waals surface area contributed by atoms with Crippen LogP contribution in [0.2, 0.25) is 0 Å². The van der Waals surface area contributed by atoms with Gasteiger partial charge >= 0.3 is 5.97 Å². The maximum atomic E-state index is 12.2. The Bertz CT molecular complexity index is 457. The maximum absolute atomic E-state index is 12.2. The Kier molecular flexibility index (Phi) is 4.14. The lowest BCUT2D eigenvalue weighted by molar-refractivity contribution is -0.150. The smallest absolute Gasteiger partial charge is 0.326 e. The summed E-state index contributed by atoms with van der Waals surface area (Å²) in [4.78, 5) is 28.9. The molecule has 0 aliphatic heterocycles. The highest BCUT2D eigenvalue weighted by molar-refractivity contribution is 5.84. The van der Waals surface area contributed by atoms with Crippen molar-refractivity contribution in [3.05, 3.63) is 30.1 Å². The molecule has 2 rings (SSSR count). The quantitative estimate of drug-likeness (QED) is 0.843. The third kappa shape index (κ3) is 3.53. The van der Waals surface area contributed by atoms with Gasteiger partial charge in [-0.1, -0.05) is 6.07 Å². The Labute approximate surface area is 112 Å². The van der Waals surface area contributed by atoms with Crippen molar-refractivity contribution in [2.45, 2.75) is 44.7 Å². The van der Waals surface area contributed by atoms with Crippen molar-refractivity contribution in [1.82, 2.24) is 9.88 Å². The van der Waals surface area contributed by atoms with Gasteiger partial charge in [0.2, 0.25) is 5.91 Å². The standard InChI is InChI=1S/C14H18N2O3/c1-10(14(18)19)16(12-6-7-12)13(17)8-5-11-4-2-3-9-15-11/h2-4,9-10,12H,5-8H2,1H3,(H,18,19). The molecule has 1 N–H and O–H groups in total. The fraction of sp³-hybridized carbons (Fsp3) is 0.500. The number of carboxylic acids is 1. The monoisotopic (exact) mass is 262 g/mol. The summed E-state index contributed by atoms with van der Waals surface area (Å²) in [6, 6.07) is 4.95. The zero-order valence-corrected chi connectivity index (χ0v) is 11.0. The first-order chi connectivity index (χ1) is 9.09. The lowest BCUT2D eigenvalue weighted by atomic mass is 10.1. The number of pyridine rings is 1. The van der Waals surface area contributed by atoms with Crippen LogP contribution in [0.4, 0.5) is 0 Å². The first kappa shape index (κ1) is 13.5. The van der Waals surface area contributed by atoms with Gasteiger partial charge in [0.1, 0.15) is 6.04 Å². The molecule has 1 aliphatic rings. The predicted octanol–water partition coefficient (Wildman–Crippen LogP) is 1.48. The van der Waals surface area contributed by atoms with Crippen LogP contribution in [0.25, 0.3) is 0 Å². The molecule has 0 bridgehead atoms. The number of carbonyl (C=O) groups is 2. The number of aliphatic carboxylic acids is 1. The summed E-state index contributed by atoms with van der Waals surface area (Å²) < 4.78 is 0. The first-order valence-corrected chi connectivity index (χ1v) is 6.53. The number of nitrogens with zero attached hydrogens (tertiary/aromatic N) is 2. The predicted molar refractivity (Wildman–Crippen MR) is 69.5 cm³/mol. The number of rotatable bonds is 6. The van der Waals surface area contributed by atoms with Crippen LogP contribution in [0.3, 0.4) is 0 Å². The molecule has 1 aliphatic carbocycles. The molecule has 0 radical (unpaired) electrons. The highest BCUT2D eigenvalue weighted by Crippen LogP contribution is 2.29. The molecule has 1 aromatic rings. The van der Waals surface area contributed by atoms with Gasteiger partial charge in [-0.05, 0) is 38.3 Å². The number of aryl methyl sites for hydroxylation is 1. The lowest BCUT2D eigenvalue weighted by Gasteiger charge is -2.26. The highest BCUT2D eigenvalue weighted by atomic mass is 16.4. The Morgan fingerprint density at radius 1 is 1.47 bits per heavy atom. The van der Waals surface area contributed by atoms with E-state index in [9.17, 15) is 9.59 Å². The van der Waals surface area contributed by atoms with Crippen molar-refractivity contribution in [3.8, 4) is 0 Å². The van der Waals surface area contributed by atoms with Gasteiger partial charge in [-0.2, -0.15) is 0 Å². The molecule has 0 saturated heterocycles. The molecule has 0 aromatic carbocycles. The van der Waals surface area contributed by atoms with Crippen LogP contribution in [-0.4, -0.2) is 39.0 Å². The van der Waals surface area contributed by atoms with Gasteiger partial charge in [0.05, 0.1) is 0 Å². The van der Waals surface area contributed by atoms with Gasteiger partial charge in [0.25, 0.3) is 0 Å². The molecule has 5 heteroatoms. The van der Waals surface area contributed by atoms with E-state index in [1.54, 1.807) is 13.1 Å². The van der Waals surface area contributed by atoms with Gasteiger partial charge in [0, 0.05) is 24.4 Å². The number of hydrogen-bond acceptors (Lipinski definition) is 3. The molecule has 1 saturated carbocycles. The summed E-state index contributed by atoms with van der Waals surface area (Å²) in [6.45, 7) is 1.57. The topological polar surface area (TPSA) is 70.5 Å². The van der Waals surface area contributed by atoms with E-state index in [1.165, 1.54) is 4.90 Å². The van der Waals surface area contributed by atoms with E-state index in [4.69, 9.17) is 5.11 Å². The van der Waals surface area contributed by atoms with Crippen molar-refractivity contribution in [3.63, 3.8) is 0 Å². The highest BCUT2D eigenvalue weighted by Gasteiger charge is 2.37. The summed E-state index contributed by atoms with van der Waals surface area (Å²) in [5.41, 5.74) is 0.856. The molecular weight excluding hydrogens is 244 g/mol. The maximum Gasteiger partial charge on any atom is 0.326 e. The third-order valence-electron chi connectivity index (χ3n) is 3.32. The minimum Gasteiger partial charge on any atom is -0.480 e. The zero-order chi connectivity index (χ0) is 13.8. The van der Waals surface area contributed by atoms with Crippen LogP contribution in [0, 0.1) is 0 Å². The SMILES string of the molecule is CC(C(=O)O)N(C(=O)CCc1ccccn1)C1CC1. The first-order valence-electron chi connectivity index (χ1n) is 6.53. The van der Waals surface area contributed by atoms with E-state index in [2.05, 4.69) is 4.98 Å². The lowest BCUT2D eigenvalue weighted by Crippen LogP contribution is -2.44. The van der Waals surface area contributed by atoms with Crippen molar-refractivity contribution in [1.29, 1.82) is 0 Å². The number of carboxylic acid groups (broad SMARTS) is 1. The summed E-state index contributed by atoms with van der Waals surface area (Å²) >= 11 is 0. The molecule has 5 nitrogen and oxygen atoms in total.